The Bertz CT molecular complexity index is 494. The fourth-order valence-corrected chi connectivity index (χ4v) is 4.25. The predicted molar refractivity (Wildman–Crippen MR) is 95.0 cm³/mol. The molecule has 1 saturated heterocycles. The summed E-state index contributed by atoms with van der Waals surface area (Å²) in [6.45, 7) is 13.8. The van der Waals surface area contributed by atoms with Crippen LogP contribution < -0.4 is 0 Å². The van der Waals surface area contributed by atoms with E-state index < -0.39 is 14.4 Å². The van der Waals surface area contributed by atoms with E-state index in [-0.39, 0.29) is 28.9 Å². The highest BCUT2D eigenvalue weighted by molar-refractivity contribution is 6.74. The molecule has 1 N–H and O–H groups in total. The Morgan fingerprint density at radius 3 is 2.67 bits per heavy atom. The molecule has 1 aliphatic carbocycles. The van der Waals surface area contributed by atoms with Gasteiger partial charge in [0, 0.05) is 31.3 Å². The second-order valence-electron chi connectivity index (χ2n) is 8.43. The minimum atomic E-state index is -1.84. The number of allylic oxidation sites excluding steroid dienone is 1. The molecule has 138 valence electrons. The van der Waals surface area contributed by atoms with Gasteiger partial charge in [-0.25, -0.2) is 4.79 Å². The van der Waals surface area contributed by atoms with Gasteiger partial charge >= 0.3 is 5.97 Å². The van der Waals surface area contributed by atoms with E-state index >= 15 is 0 Å². The number of rotatable bonds is 5. The van der Waals surface area contributed by atoms with Crippen molar-refractivity contribution in [3.8, 4) is 0 Å². The van der Waals surface area contributed by atoms with Crippen molar-refractivity contribution in [1.29, 1.82) is 0 Å². The van der Waals surface area contributed by atoms with E-state index in [4.69, 9.17) is 13.9 Å². The molecule has 1 heterocycles. The van der Waals surface area contributed by atoms with Gasteiger partial charge in [-0.15, -0.1) is 0 Å². The maximum Gasteiger partial charge on any atom is 0.334 e. The molecule has 0 aromatic rings. The molecule has 0 spiro atoms. The molecule has 1 saturated carbocycles. The van der Waals surface area contributed by atoms with Gasteiger partial charge in [0.15, 0.2) is 8.32 Å². The standard InChI is InChI=1S/C18H32O5Si/c1-7-21-17(20)9-12-8-13-14(15(19)10-16(13)23-12)11-22-24(5,6)18(2,3)4/h9,13-16,19H,7-8,10-11H2,1-6H3/b12-9+/t13-,14-,15-,16?/m1/s1. The number of fused-ring (bicyclic) bond motifs is 1. The lowest BCUT2D eigenvalue weighted by molar-refractivity contribution is -0.137. The molecule has 0 radical (unpaired) electrons. The minimum absolute atomic E-state index is 0.0197. The molecule has 1 aliphatic heterocycles. The molecule has 6 heteroatoms. The molecule has 2 rings (SSSR count). The zero-order chi connectivity index (χ0) is 18.1. The molecule has 0 aromatic carbocycles. The number of hydrogen-bond acceptors (Lipinski definition) is 5. The van der Waals surface area contributed by atoms with Crippen LogP contribution in [-0.4, -0.2) is 44.8 Å². The highest BCUT2D eigenvalue weighted by Crippen LogP contribution is 2.46. The van der Waals surface area contributed by atoms with Crippen molar-refractivity contribution in [2.75, 3.05) is 13.2 Å². The first-order chi connectivity index (χ1) is 11.0. The van der Waals surface area contributed by atoms with E-state index in [0.717, 1.165) is 0 Å². The second kappa shape index (κ2) is 7.18. The van der Waals surface area contributed by atoms with Crippen molar-refractivity contribution in [3.63, 3.8) is 0 Å². The van der Waals surface area contributed by atoms with Crippen LogP contribution in [-0.2, 0) is 18.7 Å². The van der Waals surface area contributed by atoms with Crippen molar-refractivity contribution < 1.29 is 23.8 Å². The monoisotopic (exact) mass is 356 g/mol. The van der Waals surface area contributed by atoms with Crippen LogP contribution in [0.5, 0.6) is 0 Å². The summed E-state index contributed by atoms with van der Waals surface area (Å²) in [5.74, 6) is 0.595. The SMILES string of the molecule is CCOC(=O)/C=C1\C[C@H]2C(C[C@@H](O)[C@@H]2CO[Si](C)(C)C(C)(C)C)O1. The van der Waals surface area contributed by atoms with Crippen LogP contribution in [0, 0.1) is 11.8 Å². The van der Waals surface area contributed by atoms with E-state index in [2.05, 4.69) is 33.9 Å². The summed E-state index contributed by atoms with van der Waals surface area (Å²) in [7, 11) is -1.84. The lowest BCUT2D eigenvalue weighted by Crippen LogP contribution is -2.43. The molecule has 4 atom stereocenters. The largest absolute Gasteiger partial charge is 0.494 e. The van der Waals surface area contributed by atoms with Crippen LogP contribution in [0.2, 0.25) is 18.1 Å². The zero-order valence-corrected chi connectivity index (χ0v) is 16.8. The van der Waals surface area contributed by atoms with Gasteiger partial charge in [-0.2, -0.15) is 0 Å². The van der Waals surface area contributed by atoms with Gasteiger partial charge in [-0.1, -0.05) is 20.8 Å². The second-order valence-corrected chi connectivity index (χ2v) is 13.2. The maximum absolute atomic E-state index is 11.6. The number of aliphatic hydroxyl groups excluding tert-OH is 1. The summed E-state index contributed by atoms with van der Waals surface area (Å²) in [5, 5.41) is 10.5. The number of ether oxygens (including phenoxy) is 2. The third-order valence-corrected chi connectivity index (χ3v) is 10.2. The summed E-state index contributed by atoms with van der Waals surface area (Å²) in [6, 6.07) is 0. The van der Waals surface area contributed by atoms with E-state index in [9.17, 15) is 9.90 Å². The van der Waals surface area contributed by atoms with Crippen LogP contribution >= 0.6 is 0 Å². The van der Waals surface area contributed by atoms with Gasteiger partial charge in [0.25, 0.3) is 0 Å². The highest BCUT2D eigenvalue weighted by Gasteiger charge is 2.49. The average molecular weight is 357 g/mol. The van der Waals surface area contributed by atoms with Crippen LogP contribution in [0.1, 0.15) is 40.5 Å². The van der Waals surface area contributed by atoms with Gasteiger partial charge in [0.2, 0.25) is 0 Å². The lowest BCUT2D eigenvalue weighted by atomic mass is 9.92. The molecular formula is C18H32O5Si. The molecule has 0 aromatic heterocycles. The third kappa shape index (κ3) is 4.21. The summed E-state index contributed by atoms with van der Waals surface area (Å²) in [5.41, 5.74) is 0. The minimum Gasteiger partial charge on any atom is -0.494 e. The highest BCUT2D eigenvalue weighted by atomic mass is 28.4. The summed E-state index contributed by atoms with van der Waals surface area (Å²) in [6.07, 6.45) is 2.31. The molecular weight excluding hydrogens is 324 g/mol. The first kappa shape index (κ1) is 19.5. The fourth-order valence-electron chi connectivity index (χ4n) is 3.21. The molecule has 24 heavy (non-hydrogen) atoms. The Hall–Kier alpha value is -0.853. The quantitative estimate of drug-likeness (QED) is 0.465. The Balaban J connectivity index is 1.99. The predicted octanol–water partition coefficient (Wildman–Crippen LogP) is 3.24. The number of carbonyl (C=O) groups excluding carboxylic acids is 1. The molecule has 1 unspecified atom stereocenters. The van der Waals surface area contributed by atoms with Gasteiger partial charge in [-0.05, 0) is 25.1 Å². The van der Waals surface area contributed by atoms with Crippen molar-refractivity contribution in [2.45, 2.75) is 70.9 Å². The number of esters is 1. The number of aliphatic hydroxyl groups is 1. The third-order valence-electron chi connectivity index (χ3n) is 5.74. The lowest BCUT2D eigenvalue weighted by Gasteiger charge is -2.37. The molecule has 0 bridgehead atoms. The normalized spacial score (nSPS) is 31.9. The summed E-state index contributed by atoms with van der Waals surface area (Å²) < 4.78 is 17.1. The number of carbonyl (C=O) groups is 1. The van der Waals surface area contributed by atoms with Gasteiger partial charge in [-0.3, -0.25) is 0 Å². The maximum atomic E-state index is 11.6. The number of hydrogen-bond donors (Lipinski definition) is 1. The molecule has 2 fully saturated rings. The Morgan fingerprint density at radius 2 is 2.08 bits per heavy atom. The van der Waals surface area contributed by atoms with Crippen LogP contribution in [0.15, 0.2) is 11.8 Å². The first-order valence-corrected chi connectivity index (χ1v) is 11.8. The van der Waals surface area contributed by atoms with Gasteiger partial charge in [0.05, 0.1) is 18.8 Å². The van der Waals surface area contributed by atoms with Crippen LogP contribution in [0.25, 0.3) is 0 Å². The van der Waals surface area contributed by atoms with E-state index in [0.29, 0.717) is 31.8 Å². The molecule has 0 amide bonds. The topological polar surface area (TPSA) is 65.0 Å². The zero-order valence-electron chi connectivity index (χ0n) is 15.8. The van der Waals surface area contributed by atoms with E-state index in [1.807, 2.05) is 0 Å². The first-order valence-electron chi connectivity index (χ1n) is 8.91. The van der Waals surface area contributed by atoms with Crippen molar-refractivity contribution in [1.82, 2.24) is 0 Å². The van der Waals surface area contributed by atoms with Crippen LogP contribution in [0.3, 0.4) is 0 Å². The Kier molecular flexibility index (Phi) is 5.82. The summed E-state index contributed by atoms with van der Waals surface area (Å²) in [4.78, 5) is 11.6. The Morgan fingerprint density at radius 1 is 1.42 bits per heavy atom. The van der Waals surface area contributed by atoms with Gasteiger partial charge < -0.3 is 19.0 Å². The molecule has 2 aliphatic rings. The van der Waals surface area contributed by atoms with E-state index in [1.54, 1.807) is 6.92 Å². The van der Waals surface area contributed by atoms with Crippen molar-refractivity contribution in [3.05, 3.63) is 11.8 Å². The molecule has 5 nitrogen and oxygen atoms in total. The van der Waals surface area contributed by atoms with E-state index in [1.165, 1.54) is 6.08 Å². The van der Waals surface area contributed by atoms with Crippen molar-refractivity contribution in [2.24, 2.45) is 11.8 Å². The van der Waals surface area contributed by atoms with Crippen molar-refractivity contribution >= 4 is 14.3 Å². The smallest absolute Gasteiger partial charge is 0.334 e. The van der Waals surface area contributed by atoms with Crippen LogP contribution in [0.4, 0.5) is 0 Å². The fraction of sp³-hybridized carbons (Fsp3) is 0.833. The van der Waals surface area contributed by atoms with Gasteiger partial charge in [0.1, 0.15) is 11.9 Å². The Labute approximate surface area is 146 Å². The average Bonchev–Trinajstić information content (AvgIpc) is 2.92. The summed E-state index contributed by atoms with van der Waals surface area (Å²) >= 11 is 0.